The predicted molar refractivity (Wildman–Crippen MR) is 96.6 cm³/mol. The highest BCUT2D eigenvalue weighted by atomic mass is 32.1. The van der Waals surface area contributed by atoms with Gasteiger partial charge in [-0.05, 0) is 48.4 Å². The Bertz CT molecular complexity index is 897. The molecule has 0 spiro atoms. The molecule has 0 aliphatic carbocycles. The number of hydrogen-bond acceptors (Lipinski definition) is 6. The summed E-state index contributed by atoms with van der Waals surface area (Å²) in [5.74, 6) is 0.184. The van der Waals surface area contributed by atoms with Crippen LogP contribution >= 0.6 is 11.3 Å². The Morgan fingerprint density at radius 1 is 1.40 bits per heavy atom. The molecule has 3 aromatic rings. The Labute approximate surface area is 148 Å². The fourth-order valence-electron chi connectivity index (χ4n) is 2.94. The molecule has 1 saturated heterocycles. The number of hydrogen-bond donors (Lipinski definition) is 2. The molecule has 1 fully saturated rings. The Morgan fingerprint density at radius 3 is 3.16 bits per heavy atom. The van der Waals surface area contributed by atoms with E-state index in [1.165, 1.54) is 17.8 Å². The van der Waals surface area contributed by atoms with E-state index in [-0.39, 0.29) is 18.0 Å². The van der Waals surface area contributed by atoms with Crippen molar-refractivity contribution in [3.8, 4) is 11.1 Å². The second kappa shape index (κ2) is 6.81. The van der Waals surface area contributed by atoms with Crippen LogP contribution in [0, 0.1) is 0 Å². The second-order valence-electron chi connectivity index (χ2n) is 6.09. The minimum absolute atomic E-state index is 0.0588. The number of carbonyl (C=O) groups is 1. The number of nitrogens with one attached hydrogen (secondary N) is 1. The highest BCUT2D eigenvalue weighted by Crippen LogP contribution is 2.26. The molecule has 0 radical (unpaired) electrons. The smallest absolute Gasteiger partial charge is 0.261 e. The van der Waals surface area contributed by atoms with Gasteiger partial charge >= 0.3 is 0 Å². The molecule has 130 valence electrons. The average Bonchev–Trinajstić information content (AvgIpc) is 3.25. The standard InChI is InChI=1S/C17H19N5O2S/c18-17-20-15-5-4-11(9-22(15)21-17)12-7-14(25-10-12)16(23)19-8-13-3-1-2-6-24-13/h4-5,7,9-10,13H,1-3,6,8H2,(H2,18,21)(H,19,23). The van der Waals surface area contributed by atoms with Crippen LogP contribution in [-0.2, 0) is 4.74 Å². The van der Waals surface area contributed by atoms with E-state index >= 15 is 0 Å². The molecule has 3 aromatic heterocycles. The first kappa shape index (κ1) is 16.0. The maximum atomic E-state index is 12.3. The average molecular weight is 357 g/mol. The number of rotatable bonds is 4. The first-order valence-electron chi connectivity index (χ1n) is 8.30. The summed E-state index contributed by atoms with van der Waals surface area (Å²) < 4.78 is 7.29. The zero-order valence-electron chi connectivity index (χ0n) is 13.6. The van der Waals surface area contributed by atoms with Gasteiger partial charge in [0.25, 0.3) is 5.91 Å². The third-order valence-electron chi connectivity index (χ3n) is 4.27. The highest BCUT2D eigenvalue weighted by Gasteiger charge is 2.16. The Hall–Kier alpha value is -2.45. The van der Waals surface area contributed by atoms with E-state index < -0.39 is 0 Å². The molecule has 0 aromatic carbocycles. The summed E-state index contributed by atoms with van der Waals surface area (Å²) in [5.41, 5.74) is 8.24. The number of nitrogen functional groups attached to an aromatic ring is 1. The molecule has 4 heterocycles. The van der Waals surface area contributed by atoms with Gasteiger partial charge in [0.2, 0.25) is 5.95 Å². The number of ether oxygens (including phenoxy) is 1. The van der Waals surface area contributed by atoms with E-state index in [1.54, 1.807) is 4.52 Å². The minimum atomic E-state index is -0.0588. The number of amides is 1. The van der Waals surface area contributed by atoms with Crippen LogP contribution in [0.15, 0.2) is 29.8 Å². The SMILES string of the molecule is Nc1nc2ccc(-c3csc(C(=O)NCC4CCCCO4)c3)cn2n1. The lowest BCUT2D eigenvalue weighted by Crippen LogP contribution is -2.35. The largest absolute Gasteiger partial charge is 0.376 e. The van der Waals surface area contributed by atoms with Gasteiger partial charge in [-0.25, -0.2) is 4.52 Å². The molecule has 7 nitrogen and oxygen atoms in total. The molecule has 1 aliphatic heterocycles. The quantitative estimate of drug-likeness (QED) is 0.747. The summed E-state index contributed by atoms with van der Waals surface area (Å²) in [4.78, 5) is 17.1. The van der Waals surface area contributed by atoms with Gasteiger partial charge in [-0.15, -0.1) is 16.4 Å². The maximum absolute atomic E-state index is 12.3. The number of aromatic nitrogens is 3. The summed E-state index contributed by atoms with van der Waals surface area (Å²) >= 11 is 1.43. The van der Waals surface area contributed by atoms with Crippen LogP contribution in [0.1, 0.15) is 28.9 Å². The third kappa shape index (κ3) is 3.49. The van der Waals surface area contributed by atoms with Crippen LogP contribution in [0.3, 0.4) is 0 Å². The van der Waals surface area contributed by atoms with Gasteiger partial charge < -0.3 is 15.8 Å². The van der Waals surface area contributed by atoms with Gasteiger partial charge in [-0.1, -0.05) is 0 Å². The zero-order chi connectivity index (χ0) is 17.2. The normalized spacial score (nSPS) is 17.7. The Kier molecular flexibility index (Phi) is 4.37. The summed E-state index contributed by atoms with van der Waals surface area (Å²) in [6, 6.07) is 5.70. The van der Waals surface area contributed by atoms with E-state index in [0.717, 1.165) is 30.6 Å². The van der Waals surface area contributed by atoms with Crippen molar-refractivity contribution < 1.29 is 9.53 Å². The van der Waals surface area contributed by atoms with E-state index in [2.05, 4.69) is 15.4 Å². The molecule has 4 rings (SSSR count). The first-order chi connectivity index (χ1) is 12.2. The third-order valence-corrected chi connectivity index (χ3v) is 5.20. The van der Waals surface area contributed by atoms with Gasteiger partial charge in [0, 0.05) is 24.9 Å². The lowest BCUT2D eigenvalue weighted by Gasteiger charge is -2.22. The minimum Gasteiger partial charge on any atom is -0.376 e. The van der Waals surface area contributed by atoms with Crippen molar-refractivity contribution in [2.45, 2.75) is 25.4 Å². The lowest BCUT2D eigenvalue weighted by atomic mass is 10.1. The zero-order valence-corrected chi connectivity index (χ0v) is 14.5. The van der Waals surface area contributed by atoms with Crippen molar-refractivity contribution >= 4 is 28.8 Å². The van der Waals surface area contributed by atoms with Gasteiger partial charge in [-0.3, -0.25) is 4.79 Å². The topological polar surface area (TPSA) is 94.5 Å². The molecule has 3 N–H and O–H groups in total. The van der Waals surface area contributed by atoms with Crippen LogP contribution in [0.4, 0.5) is 5.95 Å². The van der Waals surface area contributed by atoms with Crippen LogP contribution in [0.25, 0.3) is 16.8 Å². The Balaban J connectivity index is 1.45. The molecule has 1 amide bonds. The van der Waals surface area contributed by atoms with Crippen LogP contribution in [-0.4, -0.2) is 39.8 Å². The molecule has 1 aliphatic rings. The van der Waals surface area contributed by atoms with Gasteiger partial charge in [0.1, 0.15) is 0 Å². The lowest BCUT2D eigenvalue weighted by molar-refractivity contribution is 0.0169. The monoisotopic (exact) mass is 357 g/mol. The molecular weight excluding hydrogens is 338 g/mol. The van der Waals surface area contributed by atoms with Gasteiger partial charge in [0.05, 0.1) is 11.0 Å². The van der Waals surface area contributed by atoms with E-state index in [4.69, 9.17) is 10.5 Å². The molecule has 1 unspecified atom stereocenters. The van der Waals surface area contributed by atoms with E-state index in [9.17, 15) is 4.79 Å². The predicted octanol–water partition coefficient (Wildman–Crippen LogP) is 2.34. The molecular formula is C17H19N5O2S. The van der Waals surface area contributed by atoms with Crippen LogP contribution in [0.2, 0.25) is 0 Å². The summed E-state index contributed by atoms with van der Waals surface area (Å²) in [6.07, 6.45) is 5.28. The van der Waals surface area contributed by atoms with Crippen molar-refractivity contribution in [2.24, 2.45) is 0 Å². The summed E-state index contributed by atoms with van der Waals surface area (Å²) in [6.45, 7) is 1.36. The van der Waals surface area contributed by atoms with Gasteiger partial charge in [-0.2, -0.15) is 4.98 Å². The number of anilines is 1. The molecule has 25 heavy (non-hydrogen) atoms. The number of nitrogens with two attached hydrogens (primary N) is 1. The first-order valence-corrected chi connectivity index (χ1v) is 9.17. The summed E-state index contributed by atoms with van der Waals surface area (Å²) in [5, 5.41) is 9.05. The fourth-order valence-corrected chi connectivity index (χ4v) is 3.77. The Morgan fingerprint density at radius 2 is 2.32 bits per heavy atom. The van der Waals surface area contributed by atoms with E-state index in [0.29, 0.717) is 17.1 Å². The number of thiophene rings is 1. The van der Waals surface area contributed by atoms with Crippen molar-refractivity contribution in [3.05, 3.63) is 34.7 Å². The number of fused-ring (bicyclic) bond motifs is 1. The number of carbonyl (C=O) groups excluding carboxylic acids is 1. The summed E-state index contributed by atoms with van der Waals surface area (Å²) in [7, 11) is 0. The number of nitrogens with zero attached hydrogens (tertiary/aromatic N) is 3. The van der Waals surface area contributed by atoms with Crippen molar-refractivity contribution in [3.63, 3.8) is 0 Å². The van der Waals surface area contributed by atoms with Crippen molar-refractivity contribution in [2.75, 3.05) is 18.9 Å². The highest BCUT2D eigenvalue weighted by molar-refractivity contribution is 7.12. The molecule has 1 atom stereocenters. The van der Waals surface area contributed by atoms with Crippen LogP contribution in [0.5, 0.6) is 0 Å². The molecule has 8 heteroatoms. The molecule has 0 bridgehead atoms. The van der Waals surface area contributed by atoms with E-state index in [1.807, 2.05) is 29.8 Å². The van der Waals surface area contributed by atoms with Gasteiger partial charge in [0.15, 0.2) is 5.65 Å². The second-order valence-corrected chi connectivity index (χ2v) is 7.00. The maximum Gasteiger partial charge on any atom is 0.261 e. The van der Waals surface area contributed by atoms with Crippen molar-refractivity contribution in [1.29, 1.82) is 0 Å². The fraction of sp³-hybridized carbons (Fsp3) is 0.353. The van der Waals surface area contributed by atoms with Crippen LogP contribution < -0.4 is 11.1 Å². The molecule has 0 saturated carbocycles. The van der Waals surface area contributed by atoms with Crippen molar-refractivity contribution in [1.82, 2.24) is 19.9 Å². The number of pyridine rings is 1.